The van der Waals surface area contributed by atoms with Crippen molar-refractivity contribution < 1.29 is 14.3 Å². The van der Waals surface area contributed by atoms with Crippen molar-refractivity contribution in [2.24, 2.45) is 0 Å². The summed E-state index contributed by atoms with van der Waals surface area (Å²) >= 11 is 0. The number of aromatic nitrogens is 2. The van der Waals surface area contributed by atoms with Crippen molar-refractivity contribution in [3.05, 3.63) is 41.7 Å². The van der Waals surface area contributed by atoms with Crippen LogP contribution in [-0.4, -0.2) is 36.5 Å². The van der Waals surface area contributed by atoms with Gasteiger partial charge < -0.3 is 25.4 Å². The van der Waals surface area contributed by atoms with Crippen molar-refractivity contribution in [3.8, 4) is 0 Å². The SMILES string of the molecule is COC(=O)c1nc(N)c2c(n1)N(Cc1ccccc1)C(OC)N2. The average Bonchev–Trinajstić information content (AvgIpc) is 2.93. The van der Waals surface area contributed by atoms with Gasteiger partial charge in [0, 0.05) is 13.7 Å². The molecule has 23 heavy (non-hydrogen) atoms. The molecule has 8 heteroatoms. The Hall–Kier alpha value is -2.87. The molecule has 1 aromatic heterocycles. The molecule has 0 radical (unpaired) electrons. The molecule has 3 rings (SSSR count). The van der Waals surface area contributed by atoms with Crippen LogP contribution >= 0.6 is 0 Å². The van der Waals surface area contributed by atoms with Gasteiger partial charge in [0.15, 0.2) is 11.6 Å². The second-order valence-electron chi connectivity index (χ2n) is 4.97. The molecule has 1 aliphatic heterocycles. The molecule has 0 aliphatic carbocycles. The van der Waals surface area contributed by atoms with Crippen LogP contribution in [0.15, 0.2) is 30.3 Å². The maximum Gasteiger partial charge on any atom is 0.376 e. The van der Waals surface area contributed by atoms with Crippen LogP contribution in [0.5, 0.6) is 0 Å². The van der Waals surface area contributed by atoms with E-state index in [1.807, 2.05) is 35.2 Å². The van der Waals surface area contributed by atoms with Crippen molar-refractivity contribution in [3.63, 3.8) is 0 Å². The predicted molar refractivity (Wildman–Crippen MR) is 84.8 cm³/mol. The van der Waals surface area contributed by atoms with Gasteiger partial charge >= 0.3 is 5.97 Å². The number of rotatable bonds is 4. The summed E-state index contributed by atoms with van der Waals surface area (Å²) in [7, 11) is 2.85. The lowest BCUT2D eigenvalue weighted by atomic mass is 10.2. The third-order valence-electron chi connectivity index (χ3n) is 3.53. The number of nitrogens with two attached hydrogens (primary N) is 1. The van der Waals surface area contributed by atoms with Crippen LogP contribution in [0.1, 0.15) is 16.2 Å². The number of hydrogen-bond donors (Lipinski definition) is 2. The number of carbonyl (C=O) groups is 1. The van der Waals surface area contributed by atoms with Gasteiger partial charge in [-0.15, -0.1) is 0 Å². The highest BCUT2D eigenvalue weighted by molar-refractivity contribution is 5.89. The Morgan fingerprint density at radius 1 is 1.30 bits per heavy atom. The minimum absolute atomic E-state index is 0.0830. The number of methoxy groups -OCH3 is 2. The molecule has 1 unspecified atom stereocenters. The monoisotopic (exact) mass is 315 g/mol. The second kappa shape index (κ2) is 6.09. The van der Waals surface area contributed by atoms with E-state index in [2.05, 4.69) is 20.0 Å². The van der Waals surface area contributed by atoms with E-state index < -0.39 is 12.3 Å². The van der Waals surface area contributed by atoms with Gasteiger partial charge in [-0.3, -0.25) is 0 Å². The Bertz CT molecular complexity index is 723. The van der Waals surface area contributed by atoms with Gasteiger partial charge in [-0.25, -0.2) is 14.8 Å². The fourth-order valence-corrected chi connectivity index (χ4v) is 2.43. The van der Waals surface area contributed by atoms with Gasteiger partial charge in [0.05, 0.1) is 7.11 Å². The summed E-state index contributed by atoms with van der Waals surface area (Å²) in [5.41, 5.74) is 7.55. The topological polar surface area (TPSA) is 103 Å². The van der Waals surface area contributed by atoms with Crippen LogP contribution in [0.4, 0.5) is 17.3 Å². The second-order valence-corrected chi connectivity index (χ2v) is 4.97. The molecule has 1 atom stereocenters. The lowest BCUT2D eigenvalue weighted by molar-refractivity contribution is 0.0587. The number of hydrogen-bond acceptors (Lipinski definition) is 8. The van der Waals surface area contributed by atoms with Gasteiger partial charge in [0.2, 0.25) is 12.2 Å². The molecule has 0 spiro atoms. The van der Waals surface area contributed by atoms with Crippen molar-refractivity contribution in [2.45, 2.75) is 12.9 Å². The zero-order valence-corrected chi connectivity index (χ0v) is 12.8. The minimum Gasteiger partial charge on any atom is -0.463 e. The Morgan fingerprint density at radius 2 is 2.04 bits per heavy atom. The number of carbonyl (C=O) groups excluding carboxylic acids is 1. The zero-order chi connectivity index (χ0) is 16.4. The third kappa shape index (κ3) is 2.76. The van der Waals surface area contributed by atoms with Crippen LogP contribution in [0.25, 0.3) is 0 Å². The molecule has 0 fully saturated rings. The normalized spacial score (nSPS) is 15.9. The number of nitrogens with zero attached hydrogens (tertiary/aromatic N) is 3. The van der Waals surface area contributed by atoms with Crippen LogP contribution in [0.2, 0.25) is 0 Å². The van der Waals surface area contributed by atoms with E-state index in [4.69, 9.17) is 10.5 Å². The number of ether oxygens (including phenoxy) is 2. The van der Waals surface area contributed by atoms with E-state index in [0.29, 0.717) is 18.1 Å². The highest BCUT2D eigenvalue weighted by Crippen LogP contribution is 2.37. The van der Waals surface area contributed by atoms with Crippen molar-refractivity contribution >= 4 is 23.3 Å². The van der Waals surface area contributed by atoms with E-state index >= 15 is 0 Å². The van der Waals surface area contributed by atoms with E-state index in [1.165, 1.54) is 7.11 Å². The largest absolute Gasteiger partial charge is 0.463 e. The molecule has 1 aromatic carbocycles. The van der Waals surface area contributed by atoms with E-state index in [9.17, 15) is 4.79 Å². The van der Waals surface area contributed by atoms with Crippen molar-refractivity contribution in [1.82, 2.24) is 9.97 Å². The Labute approximate surface area is 133 Å². The zero-order valence-electron chi connectivity index (χ0n) is 12.8. The predicted octanol–water partition coefficient (Wildman–Crippen LogP) is 1.21. The number of nitrogens with one attached hydrogen (secondary N) is 1. The molecule has 0 saturated heterocycles. The quantitative estimate of drug-likeness (QED) is 0.812. The number of anilines is 3. The van der Waals surface area contributed by atoms with Gasteiger partial charge in [0.1, 0.15) is 5.69 Å². The van der Waals surface area contributed by atoms with Crippen molar-refractivity contribution in [1.29, 1.82) is 0 Å². The molecule has 2 aromatic rings. The smallest absolute Gasteiger partial charge is 0.376 e. The summed E-state index contributed by atoms with van der Waals surface area (Å²) in [5, 5.41) is 3.11. The molecule has 8 nitrogen and oxygen atoms in total. The highest BCUT2D eigenvalue weighted by Gasteiger charge is 2.33. The van der Waals surface area contributed by atoms with Gasteiger partial charge in [-0.1, -0.05) is 30.3 Å². The van der Waals surface area contributed by atoms with Crippen molar-refractivity contribution in [2.75, 3.05) is 30.2 Å². The maximum atomic E-state index is 11.7. The number of nitrogen functional groups attached to an aromatic ring is 1. The molecule has 2 heterocycles. The first-order valence-electron chi connectivity index (χ1n) is 6.99. The third-order valence-corrected chi connectivity index (χ3v) is 3.53. The molecule has 0 amide bonds. The molecule has 1 aliphatic rings. The van der Waals surface area contributed by atoms with Gasteiger partial charge in [0.25, 0.3) is 0 Å². The molecule has 0 bridgehead atoms. The number of benzene rings is 1. The lowest BCUT2D eigenvalue weighted by Crippen LogP contribution is -2.37. The summed E-state index contributed by atoms with van der Waals surface area (Å²) in [6.45, 7) is 0.538. The molecule has 3 N–H and O–H groups in total. The summed E-state index contributed by atoms with van der Waals surface area (Å²) in [5.74, 6) is -0.0398. The Morgan fingerprint density at radius 3 is 2.70 bits per heavy atom. The van der Waals surface area contributed by atoms with E-state index in [0.717, 1.165) is 5.56 Å². The van der Waals surface area contributed by atoms with Gasteiger partial charge in [-0.2, -0.15) is 0 Å². The number of esters is 1. The molecule has 120 valence electrons. The fourth-order valence-electron chi connectivity index (χ4n) is 2.43. The molecule has 0 saturated carbocycles. The van der Waals surface area contributed by atoms with Crippen LogP contribution < -0.4 is 16.0 Å². The van der Waals surface area contributed by atoms with Crippen LogP contribution in [0.3, 0.4) is 0 Å². The number of fused-ring (bicyclic) bond motifs is 1. The van der Waals surface area contributed by atoms with E-state index in [-0.39, 0.29) is 11.6 Å². The summed E-state index contributed by atoms with van der Waals surface area (Å²) in [6.07, 6.45) is -0.449. The first-order valence-corrected chi connectivity index (χ1v) is 6.99. The Balaban J connectivity index is 2.00. The first-order chi connectivity index (χ1) is 11.1. The molecular weight excluding hydrogens is 298 g/mol. The highest BCUT2D eigenvalue weighted by atomic mass is 16.5. The van der Waals surface area contributed by atoms with E-state index in [1.54, 1.807) is 7.11 Å². The summed E-state index contributed by atoms with van der Waals surface area (Å²) < 4.78 is 10.1. The lowest BCUT2D eigenvalue weighted by Gasteiger charge is -2.24. The summed E-state index contributed by atoms with van der Waals surface area (Å²) in [6, 6.07) is 9.85. The molecular formula is C15H17N5O3. The minimum atomic E-state index is -0.639. The first kappa shape index (κ1) is 15.0. The van der Waals surface area contributed by atoms with Gasteiger partial charge in [-0.05, 0) is 5.56 Å². The average molecular weight is 315 g/mol. The maximum absolute atomic E-state index is 11.7. The standard InChI is InChI=1S/C15H17N5O3/c1-22-14(21)12-18-11(16)10-13(19-12)20(15(17-10)23-2)8-9-6-4-3-5-7-9/h3-7,15,17H,8H2,1-2H3,(H2,16,18,19). The fraction of sp³-hybridized carbons (Fsp3) is 0.267. The van der Waals surface area contributed by atoms with Crippen LogP contribution in [0, 0.1) is 0 Å². The summed E-state index contributed by atoms with van der Waals surface area (Å²) in [4.78, 5) is 21.8. The Kier molecular flexibility index (Phi) is 3.98. The van der Waals surface area contributed by atoms with Crippen LogP contribution in [-0.2, 0) is 16.0 Å².